The summed E-state index contributed by atoms with van der Waals surface area (Å²) in [4.78, 5) is 15.7. The highest BCUT2D eigenvalue weighted by molar-refractivity contribution is 5.43. The van der Waals surface area contributed by atoms with Crippen molar-refractivity contribution in [1.29, 1.82) is 0 Å². The number of aromatic nitrogens is 2. The highest BCUT2D eigenvalue weighted by Crippen LogP contribution is 2.23. The topological polar surface area (TPSA) is 54.0 Å². The van der Waals surface area contributed by atoms with Crippen molar-refractivity contribution in [3.63, 3.8) is 0 Å². The molecule has 0 N–H and O–H groups in total. The van der Waals surface area contributed by atoms with E-state index in [-0.39, 0.29) is 5.41 Å². The normalized spacial score (nSPS) is 16.5. The van der Waals surface area contributed by atoms with Crippen LogP contribution in [0.4, 0.5) is 5.82 Å². The van der Waals surface area contributed by atoms with E-state index in [1.54, 1.807) is 14.2 Å². The van der Waals surface area contributed by atoms with E-state index in [0.29, 0.717) is 11.9 Å². The zero-order valence-corrected chi connectivity index (χ0v) is 15.9. The Morgan fingerprint density at radius 1 is 1.08 bits per heavy atom. The van der Waals surface area contributed by atoms with Gasteiger partial charge in [0.25, 0.3) is 0 Å². The van der Waals surface area contributed by atoms with Crippen LogP contribution in [0, 0.1) is 5.41 Å². The third-order valence-electron chi connectivity index (χ3n) is 4.15. The van der Waals surface area contributed by atoms with Crippen LogP contribution in [0.5, 0.6) is 11.9 Å². The predicted octanol–water partition coefficient (Wildman–Crippen LogP) is 1.20. The predicted molar refractivity (Wildman–Crippen MR) is 96.1 cm³/mol. The van der Waals surface area contributed by atoms with E-state index in [1.807, 2.05) is 6.07 Å². The zero-order chi connectivity index (χ0) is 17.7. The monoisotopic (exact) mass is 337 g/mol. The molecule has 0 aromatic carbocycles. The molecule has 0 amide bonds. The molecule has 2 rings (SSSR count). The molecule has 0 radical (unpaired) electrons. The minimum absolute atomic E-state index is 0.285. The number of methoxy groups -OCH3 is 2. The number of rotatable bonds is 7. The molecule has 0 aliphatic carbocycles. The van der Waals surface area contributed by atoms with Crippen molar-refractivity contribution in [3.05, 3.63) is 6.07 Å². The quantitative estimate of drug-likeness (QED) is 0.741. The number of piperazine rings is 1. The fourth-order valence-corrected chi connectivity index (χ4v) is 3.40. The lowest BCUT2D eigenvalue weighted by Gasteiger charge is -2.40. The van der Waals surface area contributed by atoms with Gasteiger partial charge < -0.3 is 19.3 Å². The van der Waals surface area contributed by atoms with Gasteiger partial charge in [-0.1, -0.05) is 13.8 Å². The fourth-order valence-electron chi connectivity index (χ4n) is 3.40. The summed E-state index contributed by atoms with van der Waals surface area (Å²) in [6.07, 6.45) is 0. The number of hydrogen-bond donors (Lipinski definition) is 0. The average Bonchev–Trinajstić information content (AvgIpc) is 2.53. The molecule has 1 fully saturated rings. The summed E-state index contributed by atoms with van der Waals surface area (Å²) in [5.41, 5.74) is 0.285. The van der Waals surface area contributed by atoms with Crippen LogP contribution in [-0.4, -0.2) is 87.4 Å². The van der Waals surface area contributed by atoms with Crippen LogP contribution in [0.15, 0.2) is 6.07 Å². The maximum absolute atomic E-state index is 5.24. The summed E-state index contributed by atoms with van der Waals surface area (Å²) in [6.45, 7) is 10.8. The van der Waals surface area contributed by atoms with Gasteiger partial charge in [-0.15, -0.1) is 0 Å². The Morgan fingerprint density at radius 2 is 1.75 bits per heavy atom. The first-order chi connectivity index (χ1) is 11.3. The molecule has 1 aromatic heterocycles. The van der Waals surface area contributed by atoms with Gasteiger partial charge in [0.2, 0.25) is 5.88 Å². The van der Waals surface area contributed by atoms with Gasteiger partial charge in [0, 0.05) is 45.3 Å². The van der Waals surface area contributed by atoms with Gasteiger partial charge in [0.1, 0.15) is 5.82 Å². The summed E-state index contributed by atoms with van der Waals surface area (Å²) >= 11 is 0. The third kappa shape index (κ3) is 5.21. The van der Waals surface area contributed by atoms with Crippen LogP contribution >= 0.6 is 0 Å². The maximum atomic E-state index is 5.24. The first-order valence-corrected chi connectivity index (χ1v) is 8.42. The molecule has 7 heteroatoms. The van der Waals surface area contributed by atoms with E-state index >= 15 is 0 Å². The first kappa shape index (κ1) is 18.7. The van der Waals surface area contributed by atoms with Crippen molar-refractivity contribution in [1.82, 2.24) is 19.8 Å². The van der Waals surface area contributed by atoms with E-state index in [2.05, 4.69) is 52.6 Å². The van der Waals surface area contributed by atoms with Crippen LogP contribution < -0.4 is 14.4 Å². The van der Waals surface area contributed by atoms with Gasteiger partial charge in [0.15, 0.2) is 0 Å². The van der Waals surface area contributed by atoms with Crippen LogP contribution in [0.1, 0.15) is 13.8 Å². The zero-order valence-electron chi connectivity index (χ0n) is 15.9. The van der Waals surface area contributed by atoms with Gasteiger partial charge in [-0.05, 0) is 19.5 Å². The van der Waals surface area contributed by atoms with Crippen molar-refractivity contribution in [2.45, 2.75) is 13.8 Å². The molecule has 1 aliphatic heterocycles. The van der Waals surface area contributed by atoms with E-state index in [4.69, 9.17) is 9.47 Å². The second kappa shape index (κ2) is 7.98. The Kier molecular flexibility index (Phi) is 6.23. The molecule has 0 spiro atoms. The van der Waals surface area contributed by atoms with E-state index in [1.165, 1.54) is 0 Å². The molecule has 7 nitrogen and oxygen atoms in total. The second-order valence-electron chi connectivity index (χ2n) is 7.42. The lowest BCUT2D eigenvalue weighted by molar-refractivity contribution is 0.138. The second-order valence-corrected chi connectivity index (χ2v) is 7.42. The smallest absolute Gasteiger partial charge is 0.321 e. The summed E-state index contributed by atoms with van der Waals surface area (Å²) in [6, 6.07) is 2.22. The van der Waals surface area contributed by atoms with Crippen molar-refractivity contribution in [2.75, 3.05) is 72.5 Å². The molecule has 0 atom stereocenters. The molecule has 136 valence electrons. The molecular formula is C17H31N5O2. The summed E-state index contributed by atoms with van der Waals surface area (Å²) < 4.78 is 10.4. The van der Waals surface area contributed by atoms with Gasteiger partial charge in [0.05, 0.1) is 14.2 Å². The Bertz CT molecular complexity index is 505. The van der Waals surface area contributed by atoms with E-state index in [9.17, 15) is 0 Å². The summed E-state index contributed by atoms with van der Waals surface area (Å²) in [5, 5.41) is 0. The van der Waals surface area contributed by atoms with Crippen LogP contribution in [-0.2, 0) is 0 Å². The largest absolute Gasteiger partial charge is 0.481 e. The third-order valence-corrected chi connectivity index (χ3v) is 4.15. The molecule has 0 unspecified atom stereocenters. The Balaban J connectivity index is 1.95. The van der Waals surface area contributed by atoms with Gasteiger partial charge >= 0.3 is 6.01 Å². The number of nitrogens with zero attached hydrogens (tertiary/aromatic N) is 5. The molecular weight excluding hydrogens is 306 g/mol. The molecule has 1 aliphatic rings. The highest BCUT2D eigenvalue weighted by atomic mass is 16.5. The number of hydrogen-bond acceptors (Lipinski definition) is 7. The Labute approximate surface area is 145 Å². The first-order valence-electron chi connectivity index (χ1n) is 8.42. The lowest BCUT2D eigenvalue weighted by atomic mass is 9.92. The van der Waals surface area contributed by atoms with Gasteiger partial charge in [-0.25, -0.2) is 0 Å². The van der Waals surface area contributed by atoms with Crippen LogP contribution in [0.3, 0.4) is 0 Å². The summed E-state index contributed by atoms with van der Waals surface area (Å²) in [5.74, 6) is 1.40. The van der Waals surface area contributed by atoms with E-state index in [0.717, 1.165) is 45.1 Å². The maximum Gasteiger partial charge on any atom is 0.321 e. The van der Waals surface area contributed by atoms with Gasteiger partial charge in [-0.3, -0.25) is 4.90 Å². The van der Waals surface area contributed by atoms with E-state index < -0.39 is 0 Å². The minimum Gasteiger partial charge on any atom is -0.481 e. The highest BCUT2D eigenvalue weighted by Gasteiger charge is 2.26. The molecule has 0 bridgehead atoms. The number of anilines is 1. The minimum atomic E-state index is 0.285. The van der Waals surface area contributed by atoms with Crippen molar-refractivity contribution >= 4 is 5.82 Å². The Hall–Kier alpha value is -1.60. The lowest BCUT2D eigenvalue weighted by Crippen LogP contribution is -2.50. The van der Waals surface area contributed by atoms with Crippen LogP contribution in [0.25, 0.3) is 0 Å². The van der Waals surface area contributed by atoms with Gasteiger partial charge in [-0.2, -0.15) is 9.97 Å². The molecule has 2 heterocycles. The molecule has 1 aromatic rings. The summed E-state index contributed by atoms with van der Waals surface area (Å²) in [7, 11) is 7.45. The SMILES string of the molecule is COc1cc(N2CCN(CC(C)(C)CN(C)C)CC2)nc(OC)n1. The van der Waals surface area contributed by atoms with Crippen molar-refractivity contribution < 1.29 is 9.47 Å². The molecule has 1 saturated heterocycles. The van der Waals surface area contributed by atoms with Crippen LogP contribution in [0.2, 0.25) is 0 Å². The number of ether oxygens (including phenoxy) is 2. The van der Waals surface area contributed by atoms with Crippen molar-refractivity contribution in [2.24, 2.45) is 5.41 Å². The molecule has 0 saturated carbocycles. The molecule has 24 heavy (non-hydrogen) atoms. The standard InChI is InChI=1S/C17H31N5O2/c1-17(2,12-20(3)4)13-21-7-9-22(10-8-21)14-11-15(23-5)19-16(18-14)24-6/h11H,7-10,12-13H2,1-6H3. The van der Waals surface area contributed by atoms with Crippen molar-refractivity contribution in [3.8, 4) is 11.9 Å². The fraction of sp³-hybridized carbons (Fsp3) is 0.765. The Morgan fingerprint density at radius 3 is 2.29 bits per heavy atom. The average molecular weight is 337 g/mol.